The van der Waals surface area contributed by atoms with Gasteiger partial charge in [-0.1, -0.05) is 6.92 Å². The summed E-state index contributed by atoms with van der Waals surface area (Å²) in [6.45, 7) is 7.05. The van der Waals surface area contributed by atoms with Crippen LogP contribution in [-0.4, -0.2) is 22.0 Å². The Hall–Kier alpha value is 0.700. The van der Waals surface area contributed by atoms with Gasteiger partial charge in [-0.2, -0.15) is 23.5 Å². The Morgan fingerprint density at radius 1 is 1.30 bits per heavy atom. The molecule has 0 aliphatic carbocycles. The van der Waals surface area contributed by atoms with E-state index < -0.39 is 0 Å². The average Bonchev–Trinajstić information content (AvgIpc) is 1.94. The minimum Gasteiger partial charge on any atom is -0.160 e. The molecule has 0 aromatic carbocycles. The molecule has 0 aromatic heterocycles. The molecule has 1 atom stereocenters. The molecule has 1 aliphatic heterocycles. The SMILES string of the molecule is CC1CSCC(C)(C)SC1. The van der Waals surface area contributed by atoms with Crippen molar-refractivity contribution in [3.63, 3.8) is 0 Å². The van der Waals surface area contributed by atoms with Gasteiger partial charge in [0, 0.05) is 10.5 Å². The summed E-state index contributed by atoms with van der Waals surface area (Å²) in [6, 6.07) is 0. The summed E-state index contributed by atoms with van der Waals surface area (Å²) in [5, 5.41) is 0. The van der Waals surface area contributed by atoms with E-state index in [-0.39, 0.29) is 0 Å². The summed E-state index contributed by atoms with van der Waals surface area (Å²) in [6.07, 6.45) is 0. The molecule has 0 nitrogen and oxygen atoms in total. The van der Waals surface area contributed by atoms with Crippen LogP contribution >= 0.6 is 23.5 Å². The highest BCUT2D eigenvalue weighted by atomic mass is 32.2. The summed E-state index contributed by atoms with van der Waals surface area (Å²) in [5.41, 5.74) is 0. The highest BCUT2D eigenvalue weighted by Crippen LogP contribution is 2.34. The van der Waals surface area contributed by atoms with Crippen molar-refractivity contribution in [2.75, 3.05) is 17.3 Å². The van der Waals surface area contributed by atoms with Crippen molar-refractivity contribution in [2.45, 2.75) is 25.5 Å². The van der Waals surface area contributed by atoms with Crippen LogP contribution in [0.5, 0.6) is 0 Å². The molecule has 0 bridgehead atoms. The molecule has 2 heteroatoms. The Balaban J connectivity index is 2.41. The predicted octanol–water partition coefficient (Wildman–Crippen LogP) is 2.88. The molecule has 10 heavy (non-hydrogen) atoms. The van der Waals surface area contributed by atoms with Gasteiger partial charge in [-0.05, 0) is 31.3 Å². The smallest absolute Gasteiger partial charge is 0.0194 e. The van der Waals surface area contributed by atoms with Crippen molar-refractivity contribution in [3.8, 4) is 0 Å². The van der Waals surface area contributed by atoms with Crippen LogP contribution in [0.3, 0.4) is 0 Å². The lowest BCUT2D eigenvalue weighted by Crippen LogP contribution is -2.17. The average molecular weight is 176 g/mol. The summed E-state index contributed by atoms with van der Waals surface area (Å²) in [5.74, 6) is 4.94. The third-order valence-corrected chi connectivity index (χ3v) is 5.19. The fourth-order valence-corrected chi connectivity index (χ4v) is 3.68. The molecule has 0 saturated carbocycles. The van der Waals surface area contributed by atoms with Crippen LogP contribution in [0.2, 0.25) is 0 Å². The van der Waals surface area contributed by atoms with E-state index in [1.165, 1.54) is 17.3 Å². The zero-order chi connectivity index (χ0) is 7.61. The first-order valence-electron chi connectivity index (χ1n) is 3.82. The standard InChI is InChI=1S/C8H16S2/c1-7-4-9-6-8(2,3)10-5-7/h7H,4-6H2,1-3H3. The quantitative estimate of drug-likeness (QED) is 0.556. The Labute approximate surface area is 72.5 Å². The first-order valence-corrected chi connectivity index (χ1v) is 5.96. The molecule has 1 heterocycles. The maximum absolute atomic E-state index is 2.35. The summed E-state index contributed by atoms with van der Waals surface area (Å²) >= 11 is 4.24. The minimum absolute atomic E-state index is 0.523. The van der Waals surface area contributed by atoms with Crippen molar-refractivity contribution < 1.29 is 0 Å². The highest BCUT2D eigenvalue weighted by Gasteiger charge is 2.22. The minimum atomic E-state index is 0.523. The number of rotatable bonds is 0. The number of hydrogen-bond acceptors (Lipinski definition) is 2. The van der Waals surface area contributed by atoms with E-state index in [2.05, 4.69) is 44.3 Å². The lowest BCUT2D eigenvalue weighted by atomic mass is 10.2. The zero-order valence-electron chi connectivity index (χ0n) is 7.02. The van der Waals surface area contributed by atoms with Crippen molar-refractivity contribution in [1.82, 2.24) is 0 Å². The van der Waals surface area contributed by atoms with E-state index in [1.54, 1.807) is 0 Å². The van der Waals surface area contributed by atoms with Crippen molar-refractivity contribution >= 4 is 23.5 Å². The van der Waals surface area contributed by atoms with Gasteiger partial charge in [-0.3, -0.25) is 0 Å². The molecule has 1 rings (SSSR count). The first-order chi connectivity index (χ1) is 4.60. The second-order valence-electron chi connectivity index (χ2n) is 3.69. The third-order valence-electron chi connectivity index (χ3n) is 1.61. The molecule has 0 radical (unpaired) electrons. The maximum Gasteiger partial charge on any atom is 0.0194 e. The molecule has 60 valence electrons. The van der Waals surface area contributed by atoms with Gasteiger partial charge in [0.2, 0.25) is 0 Å². The van der Waals surface area contributed by atoms with Gasteiger partial charge in [0.05, 0.1) is 0 Å². The topological polar surface area (TPSA) is 0 Å². The molecule has 1 unspecified atom stereocenters. The summed E-state index contributed by atoms with van der Waals surface area (Å²) in [4.78, 5) is 0. The van der Waals surface area contributed by atoms with E-state index in [4.69, 9.17) is 0 Å². The highest BCUT2D eigenvalue weighted by molar-refractivity contribution is 8.04. The molecule has 0 spiro atoms. The van der Waals surface area contributed by atoms with Gasteiger partial charge in [0.15, 0.2) is 0 Å². The predicted molar refractivity (Wildman–Crippen MR) is 53.0 cm³/mol. The van der Waals surface area contributed by atoms with Crippen LogP contribution in [0.15, 0.2) is 0 Å². The largest absolute Gasteiger partial charge is 0.160 e. The molecular weight excluding hydrogens is 160 g/mol. The third kappa shape index (κ3) is 2.75. The number of hydrogen-bond donors (Lipinski definition) is 0. The van der Waals surface area contributed by atoms with Crippen LogP contribution in [0.1, 0.15) is 20.8 Å². The van der Waals surface area contributed by atoms with Crippen molar-refractivity contribution in [2.24, 2.45) is 5.92 Å². The molecule has 0 N–H and O–H groups in total. The molecule has 1 aliphatic rings. The van der Waals surface area contributed by atoms with Crippen LogP contribution < -0.4 is 0 Å². The van der Waals surface area contributed by atoms with Gasteiger partial charge in [-0.15, -0.1) is 0 Å². The first kappa shape index (κ1) is 8.79. The van der Waals surface area contributed by atoms with Crippen molar-refractivity contribution in [1.29, 1.82) is 0 Å². The van der Waals surface area contributed by atoms with E-state index in [9.17, 15) is 0 Å². The molecule has 0 amide bonds. The Morgan fingerprint density at radius 2 is 2.00 bits per heavy atom. The molecule has 1 fully saturated rings. The van der Waals surface area contributed by atoms with Gasteiger partial charge in [-0.25, -0.2) is 0 Å². The Bertz CT molecular complexity index is 110. The molecular formula is C8H16S2. The van der Waals surface area contributed by atoms with Crippen LogP contribution in [0.4, 0.5) is 0 Å². The normalized spacial score (nSPS) is 33.3. The monoisotopic (exact) mass is 176 g/mol. The van der Waals surface area contributed by atoms with E-state index in [1.807, 2.05) is 0 Å². The summed E-state index contributed by atoms with van der Waals surface area (Å²) in [7, 11) is 0. The lowest BCUT2D eigenvalue weighted by Gasteiger charge is -2.20. The van der Waals surface area contributed by atoms with Crippen LogP contribution in [0, 0.1) is 5.92 Å². The fraction of sp³-hybridized carbons (Fsp3) is 1.00. The Kier molecular flexibility index (Phi) is 2.99. The summed E-state index contributed by atoms with van der Waals surface area (Å²) < 4.78 is 0.523. The number of thioether (sulfide) groups is 2. The maximum atomic E-state index is 2.35. The van der Waals surface area contributed by atoms with E-state index in [0.717, 1.165) is 5.92 Å². The van der Waals surface area contributed by atoms with E-state index in [0.29, 0.717) is 4.75 Å². The van der Waals surface area contributed by atoms with Crippen LogP contribution in [0.25, 0.3) is 0 Å². The van der Waals surface area contributed by atoms with Gasteiger partial charge in [0.1, 0.15) is 0 Å². The molecule has 1 saturated heterocycles. The van der Waals surface area contributed by atoms with E-state index >= 15 is 0 Å². The second-order valence-corrected chi connectivity index (χ2v) is 6.45. The van der Waals surface area contributed by atoms with Gasteiger partial charge in [0.25, 0.3) is 0 Å². The fourth-order valence-electron chi connectivity index (χ4n) is 0.964. The van der Waals surface area contributed by atoms with Crippen molar-refractivity contribution in [3.05, 3.63) is 0 Å². The van der Waals surface area contributed by atoms with Crippen LogP contribution in [-0.2, 0) is 0 Å². The second kappa shape index (κ2) is 3.40. The Morgan fingerprint density at radius 3 is 2.70 bits per heavy atom. The van der Waals surface area contributed by atoms with Gasteiger partial charge >= 0.3 is 0 Å². The lowest BCUT2D eigenvalue weighted by molar-refractivity contribution is 0.762. The molecule has 0 aromatic rings. The zero-order valence-corrected chi connectivity index (χ0v) is 8.65. The van der Waals surface area contributed by atoms with Gasteiger partial charge < -0.3 is 0 Å².